The first kappa shape index (κ1) is 54.1. The van der Waals surface area contributed by atoms with Crippen LogP contribution >= 0.6 is 45.9 Å². The molecule has 0 aliphatic carbocycles. The van der Waals surface area contributed by atoms with Gasteiger partial charge in [-0.2, -0.15) is 0 Å². The molecule has 8 rings (SSSR count). The molecule has 14 nitrogen and oxygen atoms in total. The second-order valence-corrected chi connectivity index (χ2v) is 27.2. The number of thiazole rings is 2. The Kier molecular flexibility index (Phi) is 15.8. The minimum absolute atomic E-state index is 0.0802. The third-order valence-corrected chi connectivity index (χ3v) is 15.2. The molecule has 2 aliphatic heterocycles. The number of aromatic nitrogens is 9. The summed E-state index contributed by atoms with van der Waals surface area (Å²) in [6.07, 6.45) is 6.54. The fraction of sp³-hybridized carbons (Fsp3) is 0.585. The highest BCUT2D eigenvalue weighted by Gasteiger charge is 2.33. The lowest BCUT2D eigenvalue weighted by atomic mass is 9.89. The highest BCUT2D eigenvalue weighted by Crippen LogP contribution is 2.42. The molecule has 2 fully saturated rings. The predicted octanol–water partition coefficient (Wildman–Crippen LogP) is 13.0. The maximum Gasteiger partial charge on any atom is 0.410 e. The van der Waals surface area contributed by atoms with Crippen LogP contribution in [0.3, 0.4) is 0 Å². The van der Waals surface area contributed by atoms with Gasteiger partial charge in [0, 0.05) is 65.9 Å². The summed E-state index contributed by atoms with van der Waals surface area (Å²) in [5.74, 6) is 2.19. The van der Waals surface area contributed by atoms with Crippen LogP contribution in [0.5, 0.6) is 0 Å². The van der Waals surface area contributed by atoms with E-state index in [-0.39, 0.29) is 52.0 Å². The lowest BCUT2D eigenvalue weighted by Gasteiger charge is -2.32. The molecule has 0 aromatic carbocycles. The SMILES string of the molecule is CC(C)(C)OC(=O)N1CCC(c2nc(-c3cc(C(C)(C)C)nc(C(C)(C)C)n3)c(Cl)s2)CC1.CC(C)(C)c1cc(-c2nc(C3CCN(C(=O)Cn4cnc5cccnc54)CC3)sc2Cl)nc(C(C)(C)C)n1. The van der Waals surface area contributed by atoms with Crippen LogP contribution in [-0.2, 0) is 37.7 Å². The minimum Gasteiger partial charge on any atom is -0.444 e. The second kappa shape index (κ2) is 20.7. The van der Waals surface area contributed by atoms with Crippen LogP contribution < -0.4 is 0 Å². The van der Waals surface area contributed by atoms with E-state index in [0.717, 1.165) is 92.7 Å². The number of fused-ring (bicyclic) bond motifs is 1. The van der Waals surface area contributed by atoms with Crippen LogP contribution in [-0.4, -0.2) is 98.0 Å². The van der Waals surface area contributed by atoms with E-state index in [2.05, 4.69) is 93.1 Å². The van der Waals surface area contributed by atoms with Crippen LogP contribution in [0.2, 0.25) is 8.67 Å². The Hall–Kier alpha value is -4.64. The van der Waals surface area contributed by atoms with Gasteiger partial charge >= 0.3 is 6.09 Å². The molecule has 0 unspecified atom stereocenters. The Morgan fingerprint density at radius 3 is 1.49 bits per heavy atom. The molecular formula is C53H71Cl2N11O3S2. The van der Waals surface area contributed by atoms with Crippen LogP contribution in [0.1, 0.15) is 174 Å². The predicted molar refractivity (Wildman–Crippen MR) is 287 cm³/mol. The number of imidazole rings is 1. The van der Waals surface area contributed by atoms with Crippen molar-refractivity contribution >= 4 is 69.0 Å². The van der Waals surface area contributed by atoms with Gasteiger partial charge in [-0.1, -0.05) is 106 Å². The molecule has 0 atom stereocenters. The van der Waals surface area contributed by atoms with E-state index in [1.165, 1.54) is 22.7 Å². The molecule has 382 valence electrons. The van der Waals surface area contributed by atoms with Crippen LogP contribution in [0, 0.1) is 0 Å². The zero-order chi connectivity index (χ0) is 52.0. The lowest BCUT2D eigenvalue weighted by molar-refractivity contribution is -0.132. The van der Waals surface area contributed by atoms with Gasteiger partial charge in [-0.25, -0.2) is 44.7 Å². The summed E-state index contributed by atoms with van der Waals surface area (Å²) in [5.41, 5.74) is 5.38. The van der Waals surface area contributed by atoms with Crippen molar-refractivity contribution in [2.45, 2.75) is 175 Å². The van der Waals surface area contributed by atoms with Gasteiger partial charge in [-0.05, 0) is 70.7 Å². The van der Waals surface area contributed by atoms with E-state index in [0.29, 0.717) is 34.9 Å². The number of rotatable bonds is 6. The molecule has 6 aromatic rings. The standard InChI is InChI=1S/C28H34ClN7OS.C25H37ClN4O2S/c1-27(2,3)20-14-19(32-26(33-20)28(4,5)6)22-23(29)38-25(34-22)17-9-12-35(13-10-17)21(37)15-36-16-31-18-8-7-11-30-24(18)36;1-23(2,3)17-14-16(27-21(28-17)24(4,5)6)18-19(26)33-20(29-18)15-10-12-30(13-11-15)22(31)32-25(7,8)9/h7-8,11,14,16-17H,9-10,12-13,15H2,1-6H3;14-15H,10-13H2,1-9H3. The summed E-state index contributed by atoms with van der Waals surface area (Å²) in [6, 6.07) is 7.79. The molecule has 0 radical (unpaired) electrons. The number of hydrogen-bond acceptors (Lipinski definition) is 13. The molecule has 0 saturated carbocycles. The van der Waals surface area contributed by atoms with E-state index >= 15 is 0 Å². The van der Waals surface area contributed by atoms with Gasteiger partial charge in [0.25, 0.3) is 0 Å². The van der Waals surface area contributed by atoms with Crippen molar-refractivity contribution in [1.82, 2.24) is 54.2 Å². The highest BCUT2D eigenvalue weighted by atomic mass is 35.5. The van der Waals surface area contributed by atoms with Gasteiger partial charge < -0.3 is 19.1 Å². The smallest absolute Gasteiger partial charge is 0.410 e. The van der Waals surface area contributed by atoms with E-state index < -0.39 is 5.60 Å². The summed E-state index contributed by atoms with van der Waals surface area (Å²) >= 11 is 16.5. The minimum atomic E-state index is -0.485. The van der Waals surface area contributed by atoms with Gasteiger partial charge in [0.2, 0.25) is 5.91 Å². The number of piperidine rings is 2. The first-order chi connectivity index (χ1) is 32.9. The van der Waals surface area contributed by atoms with Crippen LogP contribution in [0.25, 0.3) is 33.9 Å². The van der Waals surface area contributed by atoms with E-state index in [1.54, 1.807) is 17.4 Å². The molecule has 6 aromatic heterocycles. The van der Waals surface area contributed by atoms with Crippen molar-refractivity contribution in [3.05, 3.63) is 78.5 Å². The van der Waals surface area contributed by atoms with E-state index in [4.69, 9.17) is 57.8 Å². The Bertz CT molecular complexity index is 2800. The molecule has 0 N–H and O–H groups in total. The average Bonchev–Trinajstić information content (AvgIpc) is 4.01. The van der Waals surface area contributed by atoms with Gasteiger partial charge in [0.05, 0.1) is 39.1 Å². The Morgan fingerprint density at radius 1 is 0.620 bits per heavy atom. The number of amides is 2. The van der Waals surface area contributed by atoms with Crippen LogP contribution in [0.15, 0.2) is 36.8 Å². The molecule has 71 heavy (non-hydrogen) atoms. The number of likely N-dealkylation sites (tertiary alicyclic amines) is 2. The normalized spacial score (nSPS) is 15.8. The Morgan fingerprint density at radius 2 is 1.07 bits per heavy atom. The van der Waals surface area contributed by atoms with Gasteiger partial charge in [-0.3, -0.25) is 4.79 Å². The van der Waals surface area contributed by atoms with E-state index in [1.807, 2.05) is 54.5 Å². The largest absolute Gasteiger partial charge is 0.444 e. The second-order valence-electron chi connectivity index (χ2n) is 23.9. The molecule has 0 bridgehead atoms. The van der Waals surface area contributed by atoms with Crippen molar-refractivity contribution in [2.24, 2.45) is 0 Å². The number of nitrogens with zero attached hydrogens (tertiary/aromatic N) is 11. The summed E-state index contributed by atoms with van der Waals surface area (Å²) in [4.78, 5) is 67.2. The van der Waals surface area contributed by atoms with E-state index in [9.17, 15) is 9.59 Å². The maximum atomic E-state index is 13.0. The van der Waals surface area contributed by atoms with Crippen molar-refractivity contribution in [2.75, 3.05) is 26.2 Å². The highest BCUT2D eigenvalue weighted by molar-refractivity contribution is 7.16. The summed E-state index contributed by atoms with van der Waals surface area (Å²) in [7, 11) is 0. The monoisotopic (exact) mass is 1040 g/mol. The zero-order valence-electron chi connectivity index (χ0n) is 44.2. The lowest BCUT2D eigenvalue weighted by Crippen LogP contribution is -2.41. The van der Waals surface area contributed by atoms with Gasteiger partial charge in [-0.15, -0.1) is 22.7 Å². The van der Waals surface area contributed by atoms with Crippen molar-refractivity contribution in [3.63, 3.8) is 0 Å². The molecule has 2 saturated heterocycles. The Labute approximate surface area is 437 Å². The van der Waals surface area contributed by atoms with Crippen molar-refractivity contribution in [3.8, 4) is 22.8 Å². The van der Waals surface area contributed by atoms with Crippen molar-refractivity contribution < 1.29 is 14.3 Å². The Balaban J connectivity index is 0.000000211. The van der Waals surface area contributed by atoms with Crippen molar-refractivity contribution in [1.29, 1.82) is 0 Å². The fourth-order valence-corrected chi connectivity index (χ4v) is 10.8. The number of halogens is 2. The topological polar surface area (TPSA) is 158 Å². The average molecular weight is 1050 g/mol. The number of pyridine rings is 1. The molecule has 2 aliphatic rings. The summed E-state index contributed by atoms with van der Waals surface area (Å²) in [5, 5.41) is 2.02. The molecule has 8 heterocycles. The van der Waals surface area contributed by atoms with Gasteiger partial charge in [0.15, 0.2) is 5.65 Å². The number of ether oxygens (including phenoxy) is 1. The summed E-state index contributed by atoms with van der Waals surface area (Å²) < 4.78 is 8.63. The molecule has 0 spiro atoms. The number of carbonyl (C=O) groups is 2. The zero-order valence-corrected chi connectivity index (χ0v) is 47.3. The first-order valence-corrected chi connectivity index (χ1v) is 27.0. The third kappa shape index (κ3) is 13.3. The quantitative estimate of drug-likeness (QED) is 0.156. The van der Waals surface area contributed by atoms with Crippen LogP contribution in [0.4, 0.5) is 4.79 Å². The van der Waals surface area contributed by atoms with Gasteiger partial charge in [0.1, 0.15) is 49.4 Å². The molecule has 2 amide bonds. The first-order valence-electron chi connectivity index (χ1n) is 24.6. The number of carbonyl (C=O) groups excluding carboxylic acids is 2. The maximum absolute atomic E-state index is 13.0. The number of hydrogen-bond donors (Lipinski definition) is 0. The molecular weight excluding hydrogens is 974 g/mol. The summed E-state index contributed by atoms with van der Waals surface area (Å²) in [6.45, 7) is 34.2. The third-order valence-electron chi connectivity index (χ3n) is 12.4. The fourth-order valence-electron chi connectivity index (χ4n) is 8.15. The molecule has 18 heteroatoms.